The maximum Gasteiger partial charge on any atom is 0.168 e. The first-order chi connectivity index (χ1) is 13.2. The van der Waals surface area contributed by atoms with Gasteiger partial charge in [-0.15, -0.1) is 0 Å². The molecule has 1 saturated heterocycles. The van der Waals surface area contributed by atoms with Gasteiger partial charge in [0.15, 0.2) is 5.65 Å². The van der Waals surface area contributed by atoms with Crippen molar-refractivity contribution < 1.29 is 13.9 Å². The van der Waals surface area contributed by atoms with E-state index in [0.717, 1.165) is 19.6 Å². The van der Waals surface area contributed by atoms with Crippen LogP contribution in [0.2, 0.25) is 5.15 Å². The molecule has 0 N–H and O–H groups in total. The van der Waals surface area contributed by atoms with Gasteiger partial charge < -0.3 is 9.47 Å². The topological polar surface area (TPSA) is 65.3 Å². The number of benzene rings is 1. The fourth-order valence-corrected chi connectivity index (χ4v) is 3.79. The van der Waals surface area contributed by atoms with Crippen molar-refractivity contribution in [3.8, 4) is 11.4 Å². The van der Waals surface area contributed by atoms with Crippen LogP contribution in [-0.4, -0.2) is 63.6 Å². The van der Waals surface area contributed by atoms with Crippen LogP contribution in [0, 0.1) is 5.82 Å². The van der Waals surface area contributed by atoms with Crippen LogP contribution in [0.25, 0.3) is 16.7 Å². The highest BCUT2D eigenvalue weighted by Crippen LogP contribution is 2.29. The van der Waals surface area contributed by atoms with Crippen molar-refractivity contribution in [2.24, 2.45) is 0 Å². The molecule has 4 heterocycles. The average molecular weight is 390 g/mol. The highest BCUT2D eigenvalue weighted by Gasteiger charge is 2.24. The number of nitrogens with zero attached hydrogens (tertiary/aromatic N) is 5. The Morgan fingerprint density at radius 1 is 1.19 bits per heavy atom. The summed E-state index contributed by atoms with van der Waals surface area (Å²) in [6.45, 7) is 3.40. The molecule has 2 aromatic heterocycles. The first kappa shape index (κ1) is 16.9. The van der Waals surface area contributed by atoms with Crippen LogP contribution in [0.15, 0.2) is 24.4 Å². The summed E-state index contributed by atoms with van der Waals surface area (Å²) in [6.07, 6.45) is 2.16. The highest BCUT2D eigenvalue weighted by molar-refractivity contribution is 6.33. The summed E-state index contributed by atoms with van der Waals surface area (Å²) in [5.74, 6) is 0.652. The number of rotatable bonds is 0. The predicted molar refractivity (Wildman–Crippen MR) is 97.0 cm³/mol. The van der Waals surface area contributed by atoms with Crippen LogP contribution in [0.3, 0.4) is 0 Å². The zero-order valence-corrected chi connectivity index (χ0v) is 15.2. The molecule has 2 atom stereocenters. The number of fused-ring (bicyclic) bond motifs is 5. The number of ether oxygens (including phenoxy) is 2. The van der Waals surface area contributed by atoms with Crippen molar-refractivity contribution in [1.29, 1.82) is 0 Å². The summed E-state index contributed by atoms with van der Waals surface area (Å²) in [7, 11) is 0. The fourth-order valence-electron chi connectivity index (χ4n) is 3.56. The van der Waals surface area contributed by atoms with E-state index in [1.165, 1.54) is 12.1 Å². The van der Waals surface area contributed by atoms with Crippen molar-refractivity contribution in [1.82, 2.24) is 24.6 Å². The Morgan fingerprint density at radius 2 is 2.07 bits per heavy atom. The summed E-state index contributed by atoms with van der Waals surface area (Å²) in [5.41, 5.74) is 1.17. The van der Waals surface area contributed by atoms with Gasteiger partial charge in [0, 0.05) is 32.1 Å². The van der Waals surface area contributed by atoms with Gasteiger partial charge in [-0.3, -0.25) is 4.90 Å². The highest BCUT2D eigenvalue weighted by atomic mass is 35.5. The number of hydrogen-bond acceptors (Lipinski definition) is 6. The second-order valence-corrected chi connectivity index (χ2v) is 7.04. The monoisotopic (exact) mass is 389 g/mol. The molecule has 0 amide bonds. The number of halogens is 2. The second-order valence-electron chi connectivity index (χ2n) is 6.68. The molecule has 0 saturated carbocycles. The minimum Gasteiger partial charge on any atom is -0.490 e. The molecule has 3 aromatic rings. The largest absolute Gasteiger partial charge is 0.490 e. The van der Waals surface area contributed by atoms with Crippen LogP contribution >= 0.6 is 11.6 Å². The molecule has 2 aliphatic heterocycles. The predicted octanol–water partition coefficient (Wildman–Crippen LogP) is 2.24. The molecule has 7 nitrogen and oxygen atoms in total. The van der Waals surface area contributed by atoms with Crippen LogP contribution in [0.4, 0.5) is 4.39 Å². The minimum absolute atomic E-state index is 0.00999. The SMILES string of the molecule is Fc1ccc2c(c1)OCCN1CCOC(Cc3nc(Cl)c4cnn-2c4n3)C1. The average Bonchev–Trinajstić information content (AvgIpc) is 3.06. The quantitative estimate of drug-likeness (QED) is 0.549. The van der Waals surface area contributed by atoms with E-state index >= 15 is 0 Å². The number of hydrogen-bond donors (Lipinski definition) is 0. The van der Waals surface area contributed by atoms with Crippen LogP contribution in [-0.2, 0) is 11.2 Å². The lowest BCUT2D eigenvalue weighted by Gasteiger charge is -2.32. The van der Waals surface area contributed by atoms with Crippen molar-refractivity contribution in [2.45, 2.75) is 12.5 Å². The smallest absolute Gasteiger partial charge is 0.168 e. The third kappa shape index (κ3) is 3.13. The van der Waals surface area contributed by atoms with Gasteiger partial charge in [-0.05, 0) is 12.1 Å². The van der Waals surface area contributed by atoms with Crippen molar-refractivity contribution in [2.75, 3.05) is 32.8 Å². The Hall–Kier alpha value is -2.29. The normalized spacial score (nSPS) is 22.4. The third-order valence-corrected chi connectivity index (χ3v) is 5.16. The molecule has 0 spiro atoms. The summed E-state index contributed by atoms with van der Waals surface area (Å²) in [5, 5.41) is 5.37. The molecule has 5 rings (SSSR count). The zero-order chi connectivity index (χ0) is 18.4. The van der Waals surface area contributed by atoms with E-state index in [9.17, 15) is 4.39 Å². The fraction of sp³-hybridized carbons (Fsp3) is 0.389. The van der Waals surface area contributed by atoms with Gasteiger partial charge in [0.2, 0.25) is 0 Å². The molecule has 2 aliphatic rings. The van der Waals surface area contributed by atoms with Crippen LogP contribution in [0.5, 0.6) is 5.75 Å². The molecule has 1 fully saturated rings. The lowest BCUT2D eigenvalue weighted by molar-refractivity contribution is -0.0313. The number of aromatic nitrogens is 4. The summed E-state index contributed by atoms with van der Waals surface area (Å²) in [4.78, 5) is 11.4. The summed E-state index contributed by atoms with van der Waals surface area (Å²) >= 11 is 6.37. The molecule has 9 heteroatoms. The first-order valence-electron chi connectivity index (χ1n) is 8.84. The molecular formula is C18H17ClFN5O2. The van der Waals surface area contributed by atoms with Crippen molar-refractivity contribution in [3.63, 3.8) is 0 Å². The van der Waals surface area contributed by atoms with Gasteiger partial charge >= 0.3 is 0 Å². The molecule has 2 unspecified atom stereocenters. The van der Waals surface area contributed by atoms with E-state index in [0.29, 0.717) is 53.1 Å². The Labute approximate surface area is 159 Å². The lowest BCUT2D eigenvalue weighted by Crippen LogP contribution is -2.45. The molecule has 27 heavy (non-hydrogen) atoms. The molecule has 4 bridgehead atoms. The van der Waals surface area contributed by atoms with E-state index in [-0.39, 0.29) is 11.9 Å². The lowest BCUT2D eigenvalue weighted by atomic mass is 10.2. The van der Waals surface area contributed by atoms with E-state index < -0.39 is 0 Å². The molecule has 140 valence electrons. The van der Waals surface area contributed by atoms with E-state index in [1.54, 1.807) is 16.9 Å². The Balaban J connectivity index is 1.69. The van der Waals surface area contributed by atoms with Crippen LogP contribution < -0.4 is 4.74 Å². The molecule has 0 radical (unpaired) electrons. The summed E-state index contributed by atoms with van der Waals surface area (Å²) in [6, 6.07) is 4.38. The number of morpholine rings is 1. The van der Waals surface area contributed by atoms with Gasteiger partial charge in [-0.25, -0.2) is 19.0 Å². The Morgan fingerprint density at radius 3 is 3.00 bits per heavy atom. The zero-order valence-electron chi connectivity index (χ0n) is 14.4. The van der Waals surface area contributed by atoms with Gasteiger partial charge in [0.05, 0.1) is 24.3 Å². The second kappa shape index (κ2) is 6.70. The Kier molecular flexibility index (Phi) is 4.18. The standard InChI is InChI=1S/C18H17ClFN5O2/c19-17-13-9-21-25-14-2-1-11(20)7-15(14)27-6-4-24-3-5-26-12(10-24)8-16(22-17)23-18(13)25/h1-2,7,9,12H,3-6,8,10H2. The summed E-state index contributed by atoms with van der Waals surface area (Å²) < 4.78 is 27.2. The van der Waals surface area contributed by atoms with Gasteiger partial charge in [-0.1, -0.05) is 11.6 Å². The van der Waals surface area contributed by atoms with Gasteiger partial charge in [-0.2, -0.15) is 5.10 Å². The van der Waals surface area contributed by atoms with Gasteiger partial charge in [0.25, 0.3) is 0 Å². The molecular weight excluding hydrogens is 373 g/mol. The van der Waals surface area contributed by atoms with Gasteiger partial charge in [0.1, 0.15) is 34.8 Å². The molecule has 1 aromatic carbocycles. The van der Waals surface area contributed by atoms with Crippen molar-refractivity contribution >= 4 is 22.6 Å². The van der Waals surface area contributed by atoms with Crippen LogP contribution in [0.1, 0.15) is 5.82 Å². The first-order valence-corrected chi connectivity index (χ1v) is 9.22. The van der Waals surface area contributed by atoms with E-state index in [4.69, 9.17) is 21.1 Å². The minimum atomic E-state index is -0.366. The third-order valence-electron chi connectivity index (χ3n) is 4.88. The molecule has 0 aliphatic carbocycles. The van der Waals surface area contributed by atoms with E-state index in [2.05, 4.69) is 20.0 Å². The maximum atomic E-state index is 13.8. The maximum absolute atomic E-state index is 13.8. The van der Waals surface area contributed by atoms with E-state index in [1.807, 2.05) is 0 Å². The Bertz CT molecular complexity index is 1010. The van der Waals surface area contributed by atoms with Crippen molar-refractivity contribution in [3.05, 3.63) is 41.2 Å².